The summed E-state index contributed by atoms with van der Waals surface area (Å²) in [4.78, 5) is 21.5. The van der Waals surface area contributed by atoms with Crippen molar-refractivity contribution in [1.82, 2.24) is 24.7 Å². The highest BCUT2D eigenvalue weighted by molar-refractivity contribution is 5.84. The maximum absolute atomic E-state index is 12.8. The molecule has 0 spiro atoms. The van der Waals surface area contributed by atoms with E-state index in [4.69, 9.17) is 0 Å². The second-order valence-electron chi connectivity index (χ2n) is 8.24. The number of amides is 1. The third kappa shape index (κ3) is 4.13. The molecule has 2 atom stereocenters. The number of nitrogens with one attached hydrogen (secondary N) is 1. The molecule has 2 unspecified atom stereocenters. The van der Waals surface area contributed by atoms with Gasteiger partial charge in [-0.2, -0.15) is 0 Å². The third-order valence-electron chi connectivity index (χ3n) is 6.18. The molecule has 2 saturated heterocycles. The maximum Gasteiger partial charge on any atom is 0.240 e. The molecule has 0 aromatic carbocycles. The molecule has 4 heterocycles. The number of aryl methyl sites for hydroxylation is 2. The number of aromatic nitrogens is 2. The van der Waals surface area contributed by atoms with Gasteiger partial charge in [0.25, 0.3) is 0 Å². The van der Waals surface area contributed by atoms with E-state index in [1.807, 2.05) is 12.4 Å². The number of hydrogen-bond donors (Lipinski definition) is 1. The number of carbonyl (C=O) groups excluding carboxylic acids is 1. The molecule has 1 amide bonds. The summed E-state index contributed by atoms with van der Waals surface area (Å²) in [5, 5.41) is 3.53. The molecule has 150 valence electrons. The van der Waals surface area contributed by atoms with Crippen LogP contribution >= 0.6 is 0 Å². The van der Waals surface area contributed by atoms with Crippen molar-refractivity contribution in [2.24, 2.45) is 0 Å². The molecule has 2 aliphatic rings. The molecule has 0 saturated carbocycles. The lowest BCUT2D eigenvalue weighted by molar-refractivity contribution is -0.132. The second-order valence-corrected chi connectivity index (χ2v) is 8.24. The fourth-order valence-corrected chi connectivity index (χ4v) is 4.44. The molecule has 0 radical (unpaired) electrons. The molecule has 0 bridgehead atoms. The van der Waals surface area contributed by atoms with Gasteiger partial charge < -0.3 is 14.8 Å². The number of fused-ring (bicyclic) bond motifs is 1. The summed E-state index contributed by atoms with van der Waals surface area (Å²) >= 11 is 0. The minimum atomic E-state index is -0.0549. The number of rotatable bonds is 7. The highest BCUT2D eigenvalue weighted by Crippen LogP contribution is 2.24. The summed E-state index contributed by atoms with van der Waals surface area (Å²) in [7, 11) is 0. The number of nitrogens with zero attached hydrogens (tertiary/aromatic N) is 4. The van der Waals surface area contributed by atoms with Crippen LogP contribution in [-0.2, 0) is 24.3 Å². The van der Waals surface area contributed by atoms with E-state index in [-0.39, 0.29) is 11.9 Å². The lowest BCUT2D eigenvalue weighted by atomic mass is 10.1. The van der Waals surface area contributed by atoms with Crippen LogP contribution in [0.5, 0.6) is 0 Å². The van der Waals surface area contributed by atoms with E-state index in [1.165, 1.54) is 11.3 Å². The molecule has 28 heavy (non-hydrogen) atoms. The maximum atomic E-state index is 12.8. The Morgan fingerprint density at radius 1 is 1.21 bits per heavy atom. The predicted octanol–water partition coefficient (Wildman–Crippen LogP) is 1.91. The van der Waals surface area contributed by atoms with Gasteiger partial charge in [0.15, 0.2) is 0 Å². The molecule has 6 heteroatoms. The first-order valence-corrected chi connectivity index (χ1v) is 10.4. The van der Waals surface area contributed by atoms with Crippen LogP contribution < -0.4 is 5.32 Å². The van der Waals surface area contributed by atoms with Crippen molar-refractivity contribution in [1.29, 1.82) is 0 Å². The van der Waals surface area contributed by atoms with Crippen LogP contribution in [0.15, 0.2) is 42.9 Å². The van der Waals surface area contributed by atoms with Gasteiger partial charge in [-0.25, -0.2) is 0 Å². The Labute approximate surface area is 167 Å². The van der Waals surface area contributed by atoms with Gasteiger partial charge in [-0.05, 0) is 56.5 Å². The Morgan fingerprint density at radius 3 is 2.82 bits per heavy atom. The predicted molar refractivity (Wildman–Crippen MR) is 110 cm³/mol. The first-order chi connectivity index (χ1) is 13.6. The van der Waals surface area contributed by atoms with Gasteiger partial charge in [-0.3, -0.25) is 14.7 Å². The van der Waals surface area contributed by atoms with Gasteiger partial charge in [0.2, 0.25) is 5.91 Å². The Balaban J connectivity index is 1.32. The van der Waals surface area contributed by atoms with E-state index >= 15 is 0 Å². The van der Waals surface area contributed by atoms with Crippen molar-refractivity contribution in [2.45, 2.75) is 57.9 Å². The summed E-state index contributed by atoms with van der Waals surface area (Å²) in [5.41, 5.74) is 2.52. The largest absolute Gasteiger partial charge is 0.350 e. The first-order valence-electron chi connectivity index (χ1n) is 10.4. The van der Waals surface area contributed by atoms with E-state index in [9.17, 15) is 4.79 Å². The fourth-order valence-electron chi connectivity index (χ4n) is 4.44. The number of piperazine rings is 1. The Kier molecular flexibility index (Phi) is 5.78. The lowest BCUT2D eigenvalue weighted by Crippen LogP contribution is -2.53. The van der Waals surface area contributed by atoms with Crippen LogP contribution in [0.3, 0.4) is 0 Å². The summed E-state index contributed by atoms with van der Waals surface area (Å²) < 4.78 is 2.28. The van der Waals surface area contributed by atoms with Crippen molar-refractivity contribution in [2.75, 3.05) is 19.6 Å². The van der Waals surface area contributed by atoms with Gasteiger partial charge in [0.1, 0.15) is 0 Å². The van der Waals surface area contributed by atoms with Crippen molar-refractivity contribution in [3.8, 4) is 0 Å². The molecular weight excluding hydrogens is 350 g/mol. The molecule has 6 nitrogen and oxygen atoms in total. The molecule has 2 aromatic heterocycles. The van der Waals surface area contributed by atoms with Gasteiger partial charge in [0.05, 0.1) is 6.04 Å². The average molecular weight is 382 g/mol. The molecule has 1 N–H and O–H groups in total. The highest BCUT2D eigenvalue weighted by atomic mass is 16.2. The van der Waals surface area contributed by atoms with Crippen molar-refractivity contribution in [3.05, 3.63) is 54.1 Å². The Morgan fingerprint density at radius 2 is 2.04 bits per heavy atom. The first kappa shape index (κ1) is 19.2. The Hall–Kier alpha value is -2.18. The standard InChI is InChI=1S/C22H31N5O/c1-17(2)26-12-13-27-20(16-26)14-21(22(27)28)24-15-19-4-3-10-25(19)11-7-18-5-8-23-9-6-18/h3-6,8-10,17,20-21,24H,7,11-16H2,1-2H3. The van der Waals surface area contributed by atoms with Crippen LogP contribution in [0, 0.1) is 0 Å². The number of pyridine rings is 1. The number of hydrogen-bond acceptors (Lipinski definition) is 4. The van der Waals surface area contributed by atoms with E-state index in [1.54, 1.807) is 0 Å². The van der Waals surface area contributed by atoms with Gasteiger partial charge in [0, 0.05) is 69.1 Å². The normalized spacial score (nSPS) is 22.8. The van der Waals surface area contributed by atoms with Crippen molar-refractivity contribution < 1.29 is 4.79 Å². The highest BCUT2D eigenvalue weighted by Gasteiger charge is 2.42. The van der Waals surface area contributed by atoms with E-state index in [0.717, 1.165) is 45.6 Å². The quantitative estimate of drug-likeness (QED) is 0.796. The molecule has 2 aliphatic heterocycles. The zero-order chi connectivity index (χ0) is 19.5. The van der Waals surface area contributed by atoms with Crippen molar-refractivity contribution in [3.63, 3.8) is 0 Å². The summed E-state index contributed by atoms with van der Waals surface area (Å²) in [5.74, 6) is 0.281. The zero-order valence-corrected chi connectivity index (χ0v) is 16.9. The molecular formula is C22H31N5O. The number of carbonyl (C=O) groups is 1. The smallest absolute Gasteiger partial charge is 0.240 e. The molecule has 2 fully saturated rings. The van der Waals surface area contributed by atoms with Gasteiger partial charge >= 0.3 is 0 Å². The van der Waals surface area contributed by atoms with E-state index in [2.05, 4.69) is 69.0 Å². The fraction of sp³-hybridized carbons (Fsp3) is 0.545. The van der Waals surface area contributed by atoms with Crippen LogP contribution in [0.4, 0.5) is 0 Å². The van der Waals surface area contributed by atoms with E-state index in [0.29, 0.717) is 12.1 Å². The average Bonchev–Trinajstić information content (AvgIpc) is 3.29. The molecule has 0 aliphatic carbocycles. The van der Waals surface area contributed by atoms with Crippen molar-refractivity contribution >= 4 is 5.91 Å². The van der Waals surface area contributed by atoms with Gasteiger partial charge in [-0.1, -0.05) is 0 Å². The SMILES string of the molecule is CC(C)N1CCN2C(=O)C(NCc3cccn3CCc3ccncc3)CC2C1. The second kappa shape index (κ2) is 8.45. The minimum Gasteiger partial charge on any atom is -0.350 e. The zero-order valence-electron chi connectivity index (χ0n) is 16.9. The lowest BCUT2D eigenvalue weighted by Gasteiger charge is -2.39. The summed E-state index contributed by atoms with van der Waals surface area (Å²) in [6.45, 7) is 9.00. The third-order valence-corrected chi connectivity index (χ3v) is 6.18. The Bertz CT molecular complexity index is 787. The monoisotopic (exact) mass is 381 g/mol. The van der Waals surface area contributed by atoms with Crippen LogP contribution in [0.25, 0.3) is 0 Å². The van der Waals surface area contributed by atoms with Gasteiger partial charge in [-0.15, -0.1) is 0 Å². The minimum absolute atomic E-state index is 0.0549. The molecule has 4 rings (SSSR count). The topological polar surface area (TPSA) is 53.4 Å². The van der Waals surface area contributed by atoms with Crippen LogP contribution in [0.1, 0.15) is 31.5 Å². The summed E-state index contributed by atoms with van der Waals surface area (Å²) in [6, 6.07) is 9.22. The van der Waals surface area contributed by atoms with E-state index < -0.39 is 0 Å². The van der Waals surface area contributed by atoms with Crippen LogP contribution in [0.2, 0.25) is 0 Å². The van der Waals surface area contributed by atoms with Crippen LogP contribution in [-0.4, -0.2) is 63.0 Å². The molecule has 2 aromatic rings. The summed E-state index contributed by atoms with van der Waals surface area (Å²) in [6.07, 6.45) is 7.70.